The van der Waals surface area contributed by atoms with E-state index in [1.807, 2.05) is 30.3 Å². The van der Waals surface area contributed by atoms with Crippen LogP contribution in [0.3, 0.4) is 0 Å². The van der Waals surface area contributed by atoms with Crippen LogP contribution in [0.25, 0.3) is 55.0 Å². The average molecular weight is 405 g/mol. The van der Waals surface area contributed by atoms with Crippen LogP contribution in [0.2, 0.25) is 5.02 Å². The summed E-state index contributed by atoms with van der Waals surface area (Å²) in [5.41, 5.74) is 6.21. The number of furan rings is 1. The molecule has 1 nitrogen and oxygen atoms in total. The van der Waals surface area contributed by atoms with E-state index >= 15 is 0 Å². The topological polar surface area (TPSA) is 13.1 Å². The summed E-state index contributed by atoms with van der Waals surface area (Å²) in [6, 6.07) is 35.4. The van der Waals surface area contributed by atoms with Gasteiger partial charge in [-0.05, 0) is 51.7 Å². The van der Waals surface area contributed by atoms with Crippen molar-refractivity contribution in [3.63, 3.8) is 0 Å². The van der Waals surface area contributed by atoms with Crippen LogP contribution in [-0.2, 0) is 0 Å². The lowest BCUT2D eigenvalue weighted by Crippen LogP contribution is -1.86. The number of halogens is 1. The second kappa shape index (κ2) is 6.76. The molecule has 2 heteroatoms. The highest BCUT2D eigenvalue weighted by Gasteiger charge is 2.15. The van der Waals surface area contributed by atoms with Crippen LogP contribution in [0.4, 0.5) is 0 Å². The van der Waals surface area contributed by atoms with Crippen LogP contribution in [0, 0.1) is 0 Å². The molecule has 0 saturated heterocycles. The second-order valence-corrected chi connectivity index (χ2v) is 7.91. The van der Waals surface area contributed by atoms with E-state index in [2.05, 4.69) is 72.8 Å². The number of rotatable bonds is 2. The van der Waals surface area contributed by atoms with E-state index < -0.39 is 0 Å². The Balaban J connectivity index is 1.66. The zero-order chi connectivity index (χ0) is 20.1. The average Bonchev–Trinajstić information content (AvgIpc) is 3.18. The molecule has 1 heterocycles. The summed E-state index contributed by atoms with van der Waals surface area (Å²) in [6.45, 7) is 0. The molecule has 0 aliphatic rings. The highest BCUT2D eigenvalue weighted by molar-refractivity contribution is 6.34. The first-order valence-electron chi connectivity index (χ1n) is 9.98. The Labute approximate surface area is 179 Å². The SMILES string of the molecule is Clc1cccc(-c2ccc3oc4ccc5ccccc5c4c3c2)c1-c1ccccc1. The van der Waals surface area contributed by atoms with Crippen LogP contribution in [0.15, 0.2) is 108 Å². The number of hydrogen-bond donors (Lipinski definition) is 0. The van der Waals surface area contributed by atoms with Crippen molar-refractivity contribution in [2.75, 3.05) is 0 Å². The zero-order valence-electron chi connectivity index (χ0n) is 16.1. The van der Waals surface area contributed by atoms with Crippen molar-refractivity contribution < 1.29 is 4.42 Å². The third-order valence-corrected chi connectivity index (χ3v) is 6.06. The lowest BCUT2D eigenvalue weighted by molar-refractivity contribution is 0.669. The fraction of sp³-hybridized carbons (Fsp3) is 0. The minimum atomic E-state index is 0.751. The van der Waals surface area contributed by atoms with Gasteiger partial charge in [-0.25, -0.2) is 0 Å². The normalized spacial score (nSPS) is 11.5. The van der Waals surface area contributed by atoms with Crippen LogP contribution < -0.4 is 0 Å². The molecule has 0 fully saturated rings. The molecule has 0 aliphatic heterocycles. The van der Waals surface area contributed by atoms with E-state index in [0.29, 0.717) is 0 Å². The van der Waals surface area contributed by atoms with Crippen molar-refractivity contribution >= 4 is 44.3 Å². The Morgan fingerprint density at radius 3 is 2.27 bits per heavy atom. The third kappa shape index (κ3) is 2.63. The molecule has 0 bridgehead atoms. The summed E-state index contributed by atoms with van der Waals surface area (Å²) in [7, 11) is 0. The van der Waals surface area contributed by atoms with Crippen molar-refractivity contribution in [3.05, 3.63) is 108 Å². The van der Waals surface area contributed by atoms with Crippen LogP contribution >= 0.6 is 11.6 Å². The quantitative estimate of drug-likeness (QED) is 0.281. The maximum Gasteiger partial charge on any atom is 0.136 e. The maximum absolute atomic E-state index is 6.67. The van der Waals surface area contributed by atoms with Gasteiger partial charge in [-0.2, -0.15) is 0 Å². The van der Waals surface area contributed by atoms with Gasteiger partial charge in [-0.15, -0.1) is 0 Å². The molecule has 0 spiro atoms. The minimum Gasteiger partial charge on any atom is -0.456 e. The van der Waals surface area contributed by atoms with Gasteiger partial charge in [0.15, 0.2) is 0 Å². The largest absolute Gasteiger partial charge is 0.456 e. The van der Waals surface area contributed by atoms with Gasteiger partial charge in [0.1, 0.15) is 11.2 Å². The van der Waals surface area contributed by atoms with Crippen molar-refractivity contribution in [2.45, 2.75) is 0 Å². The van der Waals surface area contributed by atoms with Crippen molar-refractivity contribution in [3.8, 4) is 22.3 Å². The lowest BCUT2D eigenvalue weighted by Gasteiger charge is -2.12. The monoisotopic (exact) mass is 404 g/mol. The molecular weight excluding hydrogens is 388 g/mol. The van der Waals surface area contributed by atoms with Crippen molar-refractivity contribution in [1.29, 1.82) is 0 Å². The lowest BCUT2D eigenvalue weighted by atomic mass is 9.93. The van der Waals surface area contributed by atoms with E-state index in [9.17, 15) is 0 Å². The van der Waals surface area contributed by atoms with Gasteiger partial charge in [0, 0.05) is 21.4 Å². The van der Waals surface area contributed by atoms with Gasteiger partial charge in [0.25, 0.3) is 0 Å². The number of hydrogen-bond acceptors (Lipinski definition) is 1. The van der Waals surface area contributed by atoms with Gasteiger partial charge >= 0.3 is 0 Å². The van der Waals surface area contributed by atoms with Crippen LogP contribution in [0.1, 0.15) is 0 Å². The van der Waals surface area contributed by atoms with E-state index in [0.717, 1.165) is 49.2 Å². The summed E-state index contributed by atoms with van der Waals surface area (Å²) in [6.07, 6.45) is 0. The smallest absolute Gasteiger partial charge is 0.136 e. The standard InChI is InChI=1S/C28H17ClO/c29-24-12-6-11-22(27(24)19-8-2-1-3-9-19)20-14-15-25-23(17-20)28-21-10-5-4-7-18(21)13-16-26(28)30-25/h1-17H. The van der Waals surface area contributed by atoms with Gasteiger partial charge < -0.3 is 4.42 Å². The zero-order valence-corrected chi connectivity index (χ0v) is 16.9. The van der Waals surface area contributed by atoms with Gasteiger partial charge in [-0.1, -0.05) is 90.5 Å². The molecule has 6 rings (SSSR count). The minimum absolute atomic E-state index is 0.751. The van der Waals surface area contributed by atoms with Gasteiger partial charge in [-0.3, -0.25) is 0 Å². The number of benzene rings is 5. The Bertz CT molecular complexity index is 1540. The molecule has 1 aromatic heterocycles. The summed E-state index contributed by atoms with van der Waals surface area (Å²) in [5.74, 6) is 0. The Morgan fingerprint density at radius 1 is 0.567 bits per heavy atom. The van der Waals surface area contributed by atoms with E-state index in [1.54, 1.807) is 0 Å². The molecule has 0 aliphatic carbocycles. The molecule has 0 amide bonds. The Hall–Kier alpha value is -3.55. The highest BCUT2D eigenvalue weighted by Crippen LogP contribution is 2.41. The van der Waals surface area contributed by atoms with Crippen LogP contribution in [-0.4, -0.2) is 0 Å². The molecule has 5 aromatic carbocycles. The summed E-state index contributed by atoms with van der Waals surface area (Å²) in [5, 5.41) is 5.46. The van der Waals surface area contributed by atoms with Crippen molar-refractivity contribution in [2.24, 2.45) is 0 Å². The van der Waals surface area contributed by atoms with Gasteiger partial charge in [0.05, 0.1) is 0 Å². The molecule has 30 heavy (non-hydrogen) atoms. The first kappa shape index (κ1) is 17.3. The summed E-state index contributed by atoms with van der Waals surface area (Å²) >= 11 is 6.67. The molecule has 0 atom stereocenters. The fourth-order valence-electron chi connectivity index (χ4n) is 4.38. The summed E-state index contributed by atoms with van der Waals surface area (Å²) < 4.78 is 6.16. The highest BCUT2D eigenvalue weighted by atomic mass is 35.5. The predicted molar refractivity (Wildman–Crippen MR) is 127 cm³/mol. The molecule has 6 aromatic rings. The molecule has 0 N–H and O–H groups in total. The Kier molecular flexibility index (Phi) is 3.90. The molecule has 0 saturated carbocycles. The molecular formula is C28H17ClO. The maximum atomic E-state index is 6.67. The van der Waals surface area contributed by atoms with E-state index in [-0.39, 0.29) is 0 Å². The molecule has 0 radical (unpaired) electrons. The predicted octanol–water partition coefficient (Wildman–Crippen LogP) is 8.73. The Morgan fingerprint density at radius 2 is 1.37 bits per heavy atom. The first-order valence-corrected chi connectivity index (χ1v) is 10.4. The third-order valence-electron chi connectivity index (χ3n) is 5.75. The van der Waals surface area contributed by atoms with Crippen LogP contribution in [0.5, 0.6) is 0 Å². The first-order chi connectivity index (χ1) is 14.8. The molecule has 142 valence electrons. The second-order valence-electron chi connectivity index (χ2n) is 7.50. The fourth-order valence-corrected chi connectivity index (χ4v) is 4.66. The van der Waals surface area contributed by atoms with E-state index in [1.165, 1.54) is 10.8 Å². The van der Waals surface area contributed by atoms with Gasteiger partial charge in [0.2, 0.25) is 0 Å². The number of fused-ring (bicyclic) bond motifs is 5. The molecule has 0 unspecified atom stereocenters. The van der Waals surface area contributed by atoms with E-state index in [4.69, 9.17) is 16.0 Å². The van der Waals surface area contributed by atoms with Crippen molar-refractivity contribution in [1.82, 2.24) is 0 Å². The summed E-state index contributed by atoms with van der Waals surface area (Å²) in [4.78, 5) is 0.